The number of amides is 1. The summed E-state index contributed by atoms with van der Waals surface area (Å²) in [5.74, 6) is -0.102. The topological polar surface area (TPSA) is 99.5 Å². The van der Waals surface area contributed by atoms with E-state index in [4.69, 9.17) is 0 Å². The van der Waals surface area contributed by atoms with Crippen molar-refractivity contribution in [3.63, 3.8) is 0 Å². The van der Waals surface area contributed by atoms with Crippen LogP contribution in [0, 0.1) is 10.3 Å². The highest BCUT2D eigenvalue weighted by Crippen LogP contribution is 2.45. The van der Waals surface area contributed by atoms with Crippen molar-refractivity contribution in [2.45, 2.75) is 20.8 Å². The number of fused-ring (bicyclic) bond motifs is 2. The molecule has 0 bridgehead atoms. The number of H-pyrrole nitrogens is 1. The summed E-state index contributed by atoms with van der Waals surface area (Å²) in [4.78, 5) is 27.2. The molecule has 0 saturated heterocycles. The molecule has 2 heterocycles. The van der Waals surface area contributed by atoms with Crippen LogP contribution in [-0.2, 0) is 11.8 Å². The maximum absolute atomic E-state index is 12.4. The number of aromatic hydroxyl groups is 1. The van der Waals surface area contributed by atoms with Gasteiger partial charge in [0.05, 0.1) is 16.8 Å². The van der Waals surface area contributed by atoms with E-state index >= 15 is 0 Å². The second kappa shape index (κ2) is 6.48. The number of para-hydroxylation sites is 1. The number of nitroso groups, excluding NO2 is 1. The largest absolute Gasteiger partial charge is 0.494 e. The quantitative estimate of drug-likeness (QED) is 0.408. The first kappa shape index (κ1) is 18.7. The average molecular weight is 390 g/mol. The van der Waals surface area contributed by atoms with Gasteiger partial charge in [0, 0.05) is 34.4 Å². The van der Waals surface area contributed by atoms with Crippen molar-refractivity contribution >= 4 is 39.1 Å². The van der Waals surface area contributed by atoms with Crippen LogP contribution in [0.1, 0.15) is 20.8 Å². The molecular weight excluding hydrogens is 368 g/mol. The molecule has 148 valence electrons. The van der Waals surface area contributed by atoms with Crippen molar-refractivity contribution in [3.05, 3.63) is 47.4 Å². The number of hydrogen-bond donors (Lipinski definition) is 3. The second-order valence-electron chi connectivity index (χ2n) is 8.18. The number of hydrogen-bond acceptors (Lipinski definition) is 4. The Morgan fingerprint density at radius 2 is 1.86 bits per heavy atom. The summed E-state index contributed by atoms with van der Waals surface area (Å²) in [6, 6.07) is 12.8. The highest BCUT2D eigenvalue weighted by molar-refractivity contribution is 6.09. The molecule has 0 fully saturated rings. The molecule has 4 aromatic rings. The summed E-state index contributed by atoms with van der Waals surface area (Å²) in [6.45, 7) is 5.52. The Kier molecular flexibility index (Phi) is 4.19. The Hall–Kier alpha value is -3.61. The van der Waals surface area contributed by atoms with E-state index in [1.54, 1.807) is 23.7 Å². The van der Waals surface area contributed by atoms with Crippen LogP contribution < -0.4 is 5.32 Å². The second-order valence-corrected chi connectivity index (χ2v) is 8.18. The van der Waals surface area contributed by atoms with E-state index in [0.29, 0.717) is 27.7 Å². The molecule has 29 heavy (non-hydrogen) atoms. The Morgan fingerprint density at radius 3 is 2.55 bits per heavy atom. The molecule has 0 saturated carbocycles. The number of nitrogens with one attached hydrogen (secondary N) is 2. The molecule has 0 atom stereocenters. The van der Waals surface area contributed by atoms with Gasteiger partial charge in [0.1, 0.15) is 5.69 Å². The summed E-state index contributed by atoms with van der Waals surface area (Å²) in [6.07, 6.45) is 0. The number of carbonyl (C=O) groups excluding carboxylic acids is 1. The summed E-state index contributed by atoms with van der Waals surface area (Å²) in [5, 5.41) is 18.4. The third-order valence-electron chi connectivity index (χ3n) is 5.13. The van der Waals surface area contributed by atoms with E-state index < -0.39 is 5.41 Å². The first-order valence-electron chi connectivity index (χ1n) is 9.29. The van der Waals surface area contributed by atoms with Crippen LogP contribution >= 0.6 is 0 Å². The Balaban J connectivity index is 1.95. The summed E-state index contributed by atoms with van der Waals surface area (Å²) in [5.41, 5.74) is 2.76. The normalized spacial score (nSPS) is 11.9. The predicted octanol–water partition coefficient (Wildman–Crippen LogP) is 5.41. The molecule has 0 aliphatic rings. The number of carbonyl (C=O) groups is 1. The average Bonchev–Trinajstić information content (AvgIpc) is 3.15. The number of anilines is 1. The lowest BCUT2D eigenvalue weighted by Gasteiger charge is -2.17. The highest BCUT2D eigenvalue weighted by Gasteiger charge is 2.25. The van der Waals surface area contributed by atoms with E-state index in [1.807, 2.05) is 51.1 Å². The summed E-state index contributed by atoms with van der Waals surface area (Å²) >= 11 is 0. The molecular formula is C22H22N4O3. The number of rotatable bonds is 3. The molecule has 7 heteroatoms. The molecule has 0 aliphatic carbocycles. The first-order chi connectivity index (χ1) is 13.7. The van der Waals surface area contributed by atoms with Gasteiger partial charge in [-0.1, -0.05) is 39.0 Å². The highest BCUT2D eigenvalue weighted by atomic mass is 16.3. The van der Waals surface area contributed by atoms with Gasteiger partial charge in [0.2, 0.25) is 11.8 Å². The zero-order valence-corrected chi connectivity index (χ0v) is 16.7. The molecule has 0 spiro atoms. The van der Waals surface area contributed by atoms with Crippen LogP contribution in [-0.4, -0.2) is 20.6 Å². The van der Waals surface area contributed by atoms with Gasteiger partial charge < -0.3 is 20.0 Å². The molecule has 7 nitrogen and oxygen atoms in total. The molecule has 0 aliphatic heterocycles. The Labute approximate surface area is 167 Å². The number of nitrogens with zero attached hydrogens (tertiary/aromatic N) is 2. The fraction of sp³-hybridized carbons (Fsp3) is 0.227. The number of benzene rings is 2. The van der Waals surface area contributed by atoms with Crippen molar-refractivity contribution in [1.29, 1.82) is 0 Å². The standard InChI is InChI=1S/C22H22N4O3/c1-22(2,3)21(28)23-12-9-10-16-14(11-12)17(20(27)26(16)4)19-18(25-29)13-7-5-6-8-15(13)24-19/h5-11,24,27H,1-4H3,(H,23,28). The van der Waals surface area contributed by atoms with Crippen LogP contribution in [0.5, 0.6) is 5.88 Å². The SMILES string of the molecule is Cn1c(O)c(-c2[nH]c3ccccc3c2N=O)c2cc(NC(=O)C(C)(C)C)ccc21. The molecule has 3 N–H and O–H groups in total. The van der Waals surface area contributed by atoms with Gasteiger partial charge in [0.15, 0.2) is 0 Å². The van der Waals surface area contributed by atoms with Crippen molar-refractivity contribution in [2.24, 2.45) is 17.6 Å². The number of aromatic nitrogens is 2. The van der Waals surface area contributed by atoms with Crippen LogP contribution in [0.15, 0.2) is 47.6 Å². The van der Waals surface area contributed by atoms with Crippen LogP contribution in [0.3, 0.4) is 0 Å². The van der Waals surface area contributed by atoms with Gasteiger partial charge in [-0.05, 0) is 29.4 Å². The predicted molar refractivity (Wildman–Crippen MR) is 115 cm³/mol. The molecule has 0 unspecified atom stereocenters. The smallest absolute Gasteiger partial charge is 0.229 e. The van der Waals surface area contributed by atoms with Gasteiger partial charge in [-0.25, -0.2) is 0 Å². The van der Waals surface area contributed by atoms with E-state index in [1.165, 1.54) is 0 Å². The number of aromatic amines is 1. The van der Waals surface area contributed by atoms with E-state index in [2.05, 4.69) is 15.5 Å². The lowest BCUT2D eigenvalue weighted by atomic mass is 9.95. The van der Waals surface area contributed by atoms with E-state index in [9.17, 15) is 14.8 Å². The summed E-state index contributed by atoms with van der Waals surface area (Å²) < 4.78 is 1.64. The van der Waals surface area contributed by atoms with E-state index in [0.717, 1.165) is 11.0 Å². The Morgan fingerprint density at radius 1 is 1.14 bits per heavy atom. The van der Waals surface area contributed by atoms with Crippen molar-refractivity contribution in [2.75, 3.05) is 5.32 Å². The van der Waals surface area contributed by atoms with Crippen LogP contribution in [0.25, 0.3) is 33.1 Å². The maximum Gasteiger partial charge on any atom is 0.229 e. The van der Waals surface area contributed by atoms with Crippen LogP contribution in [0.4, 0.5) is 11.4 Å². The third kappa shape index (κ3) is 2.95. The van der Waals surface area contributed by atoms with Gasteiger partial charge in [-0.2, -0.15) is 0 Å². The molecule has 0 radical (unpaired) electrons. The maximum atomic E-state index is 12.4. The minimum atomic E-state index is -0.539. The third-order valence-corrected chi connectivity index (χ3v) is 5.13. The van der Waals surface area contributed by atoms with Gasteiger partial charge >= 0.3 is 0 Å². The first-order valence-corrected chi connectivity index (χ1v) is 9.29. The zero-order valence-electron chi connectivity index (χ0n) is 16.7. The molecule has 1 amide bonds. The van der Waals surface area contributed by atoms with Gasteiger partial charge in [-0.15, -0.1) is 4.91 Å². The van der Waals surface area contributed by atoms with E-state index in [-0.39, 0.29) is 17.5 Å². The van der Waals surface area contributed by atoms with Crippen molar-refractivity contribution < 1.29 is 9.90 Å². The summed E-state index contributed by atoms with van der Waals surface area (Å²) in [7, 11) is 1.74. The lowest BCUT2D eigenvalue weighted by Crippen LogP contribution is -2.27. The minimum absolute atomic E-state index is 0.00996. The van der Waals surface area contributed by atoms with Gasteiger partial charge in [-0.3, -0.25) is 4.79 Å². The fourth-order valence-electron chi connectivity index (χ4n) is 3.48. The molecule has 2 aromatic heterocycles. The van der Waals surface area contributed by atoms with Crippen molar-refractivity contribution in [3.8, 4) is 17.1 Å². The van der Waals surface area contributed by atoms with Crippen molar-refractivity contribution in [1.82, 2.24) is 9.55 Å². The Bertz CT molecular complexity index is 1270. The lowest BCUT2D eigenvalue weighted by molar-refractivity contribution is -0.123. The monoisotopic (exact) mass is 390 g/mol. The van der Waals surface area contributed by atoms with Crippen LogP contribution in [0.2, 0.25) is 0 Å². The number of aryl methyl sites for hydroxylation is 1. The van der Waals surface area contributed by atoms with Gasteiger partial charge in [0.25, 0.3) is 0 Å². The fourth-order valence-corrected chi connectivity index (χ4v) is 3.48. The molecule has 4 rings (SSSR count). The zero-order chi connectivity index (χ0) is 20.9. The molecule has 2 aromatic carbocycles. The minimum Gasteiger partial charge on any atom is -0.494 e.